The molecular weight excluding hydrogens is 308 g/mol. The molecule has 0 saturated heterocycles. The molecule has 2 atom stereocenters. The van der Waals surface area contributed by atoms with E-state index in [1.165, 1.54) is 11.8 Å². The van der Waals surface area contributed by atoms with Crippen molar-refractivity contribution in [2.45, 2.75) is 77.5 Å². The van der Waals surface area contributed by atoms with Gasteiger partial charge in [0.1, 0.15) is 11.6 Å². The molecule has 1 amide bonds. The molecule has 0 heterocycles. The van der Waals surface area contributed by atoms with Crippen molar-refractivity contribution in [3.63, 3.8) is 0 Å². The maximum atomic E-state index is 12.8. The van der Waals surface area contributed by atoms with E-state index in [1.807, 2.05) is 0 Å². The summed E-state index contributed by atoms with van der Waals surface area (Å²) in [6.45, 7) is 6.74. The monoisotopic (exact) mass is 340 g/mol. The quantitative estimate of drug-likeness (QED) is 0.717. The zero-order valence-corrected chi connectivity index (χ0v) is 15.8. The minimum atomic E-state index is -0.787. The summed E-state index contributed by atoms with van der Waals surface area (Å²) in [7, 11) is 3.36. The van der Waals surface area contributed by atoms with Gasteiger partial charge in [-0.3, -0.25) is 14.4 Å². The molecule has 0 radical (unpaired) electrons. The highest BCUT2D eigenvalue weighted by atomic mass is 16.6. The maximum Gasteiger partial charge on any atom is 0.308 e. The number of esters is 1. The van der Waals surface area contributed by atoms with Gasteiger partial charge in [-0.25, -0.2) is 0 Å². The standard InChI is InChI=1S/C18H32N2O4/c1-12(21)14(11-15(22)24-18(2,3)4)20(6)17(23)16(19-5)13-9-7-8-10-13/h13-14,16,19H,7-11H2,1-6H3/t14-,16-/m0/s1. The van der Waals surface area contributed by atoms with Crippen molar-refractivity contribution < 1.29 is 19.1 Å². The lowest BCUT2D eigenvalue weighted by Gasteiger charge is -2.32. The third-order valence-electron chi connectivity index (χ3n) is 4.51. The van der Waals surface area contributed by atoms with Gasteiger partial charge in [-0.15, -0.1) is 0 Å². The number of ketones is 1. The van der Waals surface area contributed by atoms with Gasteiger partial charge in [-0.2, -0.15) is 0 Å². The van der Waals surface area contributed by atoms with Crippen LogP contribution in [0.5, 0.6) is 0 Å². The molecule has 1 rings (SSSR count). The highest BCUT2D eigenvalue weighted by Gasteiger charge is 2.36. The number of nitrogens with one attached hydrogen (secondary N) is 1. The van der Waals surface area contributed by atoms with E-state index < -0.39 is 17.6 Å². The van der Waals surface area contributed by atoms with E-state index in [-0.39, 0.29) is 24.2 Å². The minimum Gasteiger partial charge on any atom is -0.460 e. The third kappa shape index (κ3) is 5.89. The van der Waals surface area contributed by atoms with Crippen LogP contribution in [0.15, 0.2) is 0 Å². The van der Waals surface area contributed by atoms with Crippen molar-refractivity contribution in [3.05, 3.63) is 0 Å². The van der Waals surface area contributed by atoms with E-state index in [2.05, 4.69) is 5.32 Å². The van der Waals surface area contributed by atoms with Gasteiger partial charge in [0.05, 0.1) is 12.5 Å². The van der Waals surface area contributed by atoms with Crippen molar-refractivity contribution in [1.82, 2.24) is 10.2 Å². The number of carbonyl (C=O) groups excluding carboxylic acids is 3. The van der Waals surface area contributed by atoms with Crippen LogP contribution >= 0.6 is 0 Å². The van der Waals surface area contributed by atoms with E-state index in [0.29, 0.717) is 5.92 Å². The maximum absolute atomic E-state index is 12.8. The predicted molar refractivity (Wildman–Crippen MR) is 92.5 cm³/mol. The number of likely N-dealkylation sites (N-methyl/N-ethyl adjacent to an activating group) is 2. The Hall–Kier alpha value is -1.43. The molecule has 6 heteroatoms. The molecule has 0 aliphatic heterocycles. The van der Waals surface area contributed by atoms with Gasteiger partial charge in [0, 0.05) is 7.05 Å². The summed E-state index contributed by atoms with van der Waals surface area (Å²) in [6.07, 6.45) is 4.18. The van der Waals surface area contributed by atoms with E-state index in [9.17, 15) is 14.4 Å². The lowest BCUT2D eigenvalue weighted by molar-refractivity contribution is -0.158. The van der Waals surface area contributed by atoms with E-state index in [0.717, 1.165) is 25.7 Å². The Kier molecular flexibility index (Phi) is 7.39. The van der Waals surface area contributed by atoms with Crippen LogP contribution in [-0.2, 0) is 19.1 Å². The zero-order chi connectivity index (χ0) is 18.5. The fourth-order valence-corrected chi connectivity index (χ4v) is 3.32. The molecular formula is C18H32N2O4. The summed E-state index contributed by atoms with van der Waals surface area (Å²) in [6, 6.07) is -1.09. The number of hydrogen-bond donors (Lipinski definition) is 1. The SMILES string of the molecule is CN[C@H](C(=O)N(C)[C@@H](CC(=O)OC(C)(C)C)C(C)=O)C1CCCC1. The Morgan fingerprint density at radius 3 is 2.17 bits per heavy atom. The Morgan fingerprint density at radius 2 is 1.75 bits per heavy atom. The number of ether oxygens (including phenoxy) is 1. The van der Waals surface area contributed by atoms with Crippen LogP contribution in [0.1, 0.15) is 59.8 Å². The number of nitrogens with zero attached hydrogens (tertiary/aromatic N) is 1. The highest BCUT2D eigenvalue weighted by molar-refractivity contribution is 5.92. The Morgan fingerprint density at radius 1 is 1.21 bits per heavy atom. The molecule has 138 valence electrons. The second kappa shape index (κ2) is 8.60. The number of rotatable bonds is 7. The fraction of sp³-hybridized carbons (Fsp3) is 0.833. The number of Topliss-reactive ketones (excluding diaryl/α,β-unsaturated/α-hetero) is 1. The van der Waals surface area contributed by atoms with Gasteiger partial charge in [-0.1, -0.05) is 12.8 Å². The molecule has 0 aromatic rings. The molecule has 0 aromatic carbocycles. The summed E-state index contributed by atoms with van der Waals surface area (Å²) in [5.74, 6) is -0.519. The van der Waals surface area contributed by atoms with Crippen molar-refractivity contribution in [2.24, 2.45) is 5.92 Å². The van der Waals surface area contributed by atoms with Gasteiger partial charge in [0.15, 0.2) is 5.78 Å². The van der Waals surface area contributed by atoms with E-state index >= 15 is 0 Å². The second-order valence-electron chi connectivity index (χ2n) is 7.68. The normalized spacial score (nSPS) is 18.1. The van der Waals surface area contributed by atoms with Gasteiger partial charge < -0.3 is 15.0 Å². The van der Waals surface area contributed by atoms with Crippen LogP contribution in [0.3, 0.4) is 0 Å². The molecule has 1 fully saturated rings. The zero-order valence-electron chi connectivity index (χ0n) is 15.8. The highest BCUT2D eigenvalue weighted by Crippen LogP contribution is 2.28. The van der Waals surface area contributed by atoms with Crippen molar-refractivity contribution in [1.29, 1.82) is 0 Å². The van der Waals surface area contributed by atoms with Crippen molar-refractivity contribution in [2.75, 3.05) is 14.1 Å². The summed E-state index contributed by atoms with van der Waals surface area (Å²) in [5.41, 5.74) is -0.613. The predicted octanol–water partition coefficient (Wildman–Crippen LogP) is 1.91. The van der Waals surface area contributed by atoms with Crippen LogP contribution in [0, 0.1) is 5.92 Å². The fourth-order valence-electron chi connectivity index (χ4n) is 3.32. The van der Waals surface area contributed by atoms with Gasteiger partial charge in [0.2, 0.25) is 5.91 Å². The lowest BCUT2D eigenvalue weighted by atomic mass is 9.96. The van der Waals surface area contributed by atoms with E-state index in [1.54, 1.807) is 34.9 Å². The average molecular weight is 340 g/mol. The van der Waals surface area contributed by atoms with Crippen LogP contribution in [0.25, 0.3) is 0 Å². The molecule has 6 nitrogen and oxygen atoms in total. The topological polar surface area (TPSA) is 75.7 Å². The molecule has 1 N–H and O–H groups in total. The summed E-state index contributed by atoms with van der Waals surface area (Å²) in [4.78, 5) is 38.3. The first-order valence-corrected chi connectivity index (χ1v) is 8.73. The first kappa shape index (κ1) is 20.6. The Bertz CT molecular complexity index is 464. The average Bonchev–Trinajstić information content (AvgIpc) is 2.96. The van der Waals surface area contributed by atoms with Crippen LogP contribution in [0.4, 0.5) is 0 Å². The van der Waals surface area contributed by atoms with Crippen molar-refractivity contribution in [3.8, 4) is 0 Å². The molecule has 0 unspecified atom stereocenters. The molecule has 0 bridgehead atoms. The van der Waals surface area contributed by atoms with Crippen LogP contribution in [-0.4, -0.2) is 54.3 Å². The molecule has 0 aromatic heterocycles. The molecule has 1 saturated carbocycles. The van der Waals surface area contributed by atoms with Crippen LogP contribution in [0.2, 0.25) is 0 Å². The molecule has 1 aliphatic rings. The summed E-state index contributed by atoms with van der Waals surface area (Å²) >= 11 is 0. The summed E-state index contributed by atoms with van der Waals surface area (Å²) in [5, 5.41) is 3.09. The molecule has 24 heavy (non-hydrogen) atoms. The smallest absolute Gasteiger partial charge is 0.308 e. The number of hydrogen-bond acceptors (Lipinski definition) is 5. The Labute approximate surface area is 145 Å². The van der Waals surface area contributed by atoms with Crippen LogP contribution < -0.4 is 5.32 Å². The minimum absolute atomic E-state index is 0.115. The van der Waals surface area contributed by atoms with Gasteiger partial charge >= 0.3 is 5.97 Å². The first-order chi connectivity index (χ1) is 11.1. The second-order valence-corrected chi connectivity index (χ2v) is 7.68. The van der Waals surface area contributed by atoms with Gasteiger partial charge in [0.25, 0.3) is 0 Å². The third-order valence-corrected chi connectivity index (χ3v) is 4.51. The lowest BCUT2D eigenvalue weighted by Crippen LogP contribution is -2.53. The largest absolute Gasteiger partial charge is 0.460 e. The Balaban J connectivity index is 2.80. The van der Waals surface area contributed by atoms with Crippen molar-refractivity contribution >= 4 is 17.7 Å². The molecule has 1 aliphatic carbocycles. The number of carbonyl (C=O) groups is 3. The van der Waals surface area contributed by atoms with Gasteiger partial charge in [-0.05, 0) is 53.5 Å². The molecule has 0 spiro atoms. The summed E-state index contributed by atoms with van der Waals surface area (Å²) < 4.78 is 5.29. The van der Waals surface area contributed by atoms with E-state index in [4.69, 9.17) is 4.74 Å². The first-order valence-electron chi connectivity index (χ1n) is 8.73. The number of amides is 1.